The number of carbonyl (C=O) groups excluding carboxylic acids is 3. The molecule has 246 valence electrons. The van der Waals surface area contributed by atoms with E-state index >= 15 is 0 Å². The number of methoxy groups -OCH3 is 2. The fourth-order valence-corrected chi connectivity index (χ4v) is 11.1. The number of anilines is 2. The van der Waals surface area contributed by atoms with Crippen molar-refractivity contribution in [1.82, 2.24) is 4.98 Å². The number of halogens is 1. The van der Waals surface area contributed by atoms with E-state index in [4.69, 9.17) is 14.2 Å². The molecule has 3 amide bonds. The Kier molecular flexibility index (Phi) is 7.55. The lowest BCUT2D eigenvalue weighted by molar-refractivity contribution is -0.123. The molecule has 0 spiro atoms. The first-order valence-electron chi connectivity index (χ1n) is 15.5. The molecule has 48 heavy (non-hydrogen) atoms. The fourth-order valence-electron chi connectivity index (χ4n) is 8.25. The molecular formula is C35H30FN3O7S2. The highest BCUT2D eigenvalue weighted by molar-refractivity contribution is 8.00. The van der Waals surface area contributed by atoms with Crippen LogP contribution in [0, 0.1) is 35.4 Å². The largest absolute Gasteiger partial charge is 0.497 e. The zero-order valence-electron chi connectivity index (χ0n) is 25.8. The van der Waals surface area contributed by atoms with Gasteiger partial charge >= 0.3 is 4.87 Å². The van der Waals surface area contributed by atoms with Crippen molar-refractivity contribution in [2.24, 2.45) is 29.6 Å². The van der Waals surface area contributed by atoms with Crippen LogP contribution in [-0.2, 0) is 14.4 Å². The van der Waals surface area contributed by atoms with E-state index in [1.165, 1.54) is 47.6 Å². The molecule has 1 saturated heterocycles. The van der Waals surface area contributed by atoms with Crippen LogP contribution < -0.4 is 29.3 Å². The molecule has 3 heterocycles. The van der Waals surface area contributed by atoms with Crippen LogP contribution in [0.5, 0.6) is 17.2 Å². The van der Waals surface area contributed by atoms with Gasteiger partial charge in [0.1, 0.15) is 11.6 Å². The number of nitrogens with one attached hydrogen (secondary N) is 2. The Hall–Kier alpha value is -4.62. The van der Waals surface area contributed by atoms with Crippen LogP contribution in [0.25, 0.3) is 0 Å². The molecule has 8 rings (SSSR count). The van der Waals surface area contributed by atoms with Gasteiger partial charge in [0.2, 0.25) is 11.8 Å². The Labute approximate surface area is 282 Å². The summed E-state index contributed by atoms with van der Waals surface area (Å²) in [5, 5.41) is 3.51. The first-order chi connectivity index (χ1) is 23.2. The molecule has 2 N–H and O–H groups in total. The second kappa shape index (κ2) is 11.8. The number of thiazole rings is 1. The van der Waals surface area contributed by atoms with Crippen LogP contribution in [0.3, 0.4) is 0 Å². The molecule has 2 aliphatic heterocycles. The van der Waals surface area contributed by atoms with Crippen molar-refractivity contribution in [2.45, 2.75) is 22.6 Å². The van der Waals surface area contributed by atoms with E-state index in [9.17, 15) is 23.6 Å². The van der Waals surface area contributed by atoms with Crippen molar-refractivity contribution in [1.29, 1.82) is 0 Å². The number of benzene rings is 3. The number of aromatic nitrogens is 1. The van der Waals surface area contributed by atoms with Crippen LogP contribution in [0.1, 0.15) is 22.8 Å². The topological polar surface area (TPSA) is 127 Å². The summed E-state index contributed by atoms with van der Waals surface area (Å²) in [4.78, 5) is 58.3. The van der Waals surface area contributed by atoms with Crippen LogP contribution in [0.2, 0.25) is 0 Å². The van der Waals surface area contributed by atoms with E-state index in [1.54, 1.807) is 49.2 Å². The minimum Gasteiger partial charge on any atom is -0.497 e. The number of amides is 3. The third-order valence-corrected chi connectivity index (χ3v) is 12.7. The number of carbonyl (C=O) groups is 3. The number of H-pyrrole nitrogens is 1. The second-order valence-electron chi connectivity index (χ2n) is 12.4. The summed E-state index contributed by atoms with van der Waals surface area (Å²) in [6.45, 7) is -0.297. The zero-order valence-corrected chi connectivity index (χ0v) is 27.4. The van der Waals surface area contributed by atoms with Gasteiger partial charge in [-0.2, -0.15) is 0 Å². The van der Waals surface area contributed by atoms with Gasteiger partial charge in [0.25, 0.3) is 5.91 Å². The number of ether oxygens (including phenoxy) is 3. The Balaban J connectivity index is 1.08. The highest BCUT2D eigenvalue weighted by Gasteiger charge is 2.69. The Morgan fingerprint density at radius 2 is 1.67 bits per heavy atom. The quantitative estimate of drug-likeness (QED) is 0.240. The fraction of sp³-hybridized carbons (Fsp3) is 0.314. The number of imide groups is 1. The normalized spacial score (nSPS) is 26.6. The second-order valence-corrected chi connectivity index (χ2v) is 14.6. The maximum Gasteiger partial charge on any atom is 0.305 e. The van der Waals surface area contributed by atoms with Crippen LogP contribution in [-0.4, -0.2) is 48.8 Å². The summed E-state index contributed by atoms with van der Waals surface area (Å²) in [5.41, 5.74) is 1.89. The van der Waals surface area contributed by atoms with Crippen molar-refractivity contribution < 1.29 is 33.0 Å². The van der Waals surface area contributed by atoms with Crippen LogP contribution in [0.4, 0.5) is 15.8 Å². The molecule has 1 aromatic heterocycles. The summed E-state index contributed by atoms with van der Waals surface area (Å²) < 4.78 is 30.0. The first kappa shape index (κ1) is 30.7. The molecule has 10 nitrogen and oxygen atoms in total. The minimum atomic E-state index is -0.435. The molecular weight excluding hydrogens is 658 g/mol. The van der Waals surface area contributed by atoms with Crippen molar-refractivity contribution in [3.05, 3.63) is 92.7 Å². The van der Waals surface area contributed by atoms with Crippen molar-refractivity contribution in [3.63, 3.8) is 0 Å². The number of rotatable bonds is 8. The summed E-state index contributed by atoms with van der Waals surface area (Å²) in [6, 6.07) is 17.9. The highest BCUT2D eigenvalue weighted by atomic mass is 32.2. The number of hydrogen-bond acceptors (Lipinski definition) is 9. The van der Waals surface area contributed by atoms with E-state index in [0.29, 0.717) is 28.6 Å². The molecule has 0 unspecified atom stereocenters. The smallest absolute Gasteiger partial charge is 0.305 e. The first-order valence-corrected chi connectivity index (χ1v) is 17.2. The minimum absolute atomic E-state index is 0.00530. The molecule has 2 saturated carbocycles. The lowest BCUT2D eigenvalue weighted by Gasteiger charge is -2.43. The van der Waals surface area contributed by atoms with E-state index in [-0.39, 0.29) is 52.2 Å². The predicted molar refractivity (Wildman–Crippen MR) is 178 cm³/mol. The van der Waals surface area contributed by atoms with Gasteiger partial charge in [0, 0.05) is 21.7 Å². The Morgan fingerprint density at radius 1 is 0.938 bits per heavy atom. The van der Waals surface area contributed by atoms with Gasteiger partial charge in [-0.1, -0.05) is 17.4 Å². The van der Waals surface area contributed by atoms with Gasteiger partial charge < -0.3 is 24.5 Å². The molecule has 4 aliphatic rings. The lowest BCUT2D eigenvalue weighted by Crippen LogP contribution is -2.42. The molecule has 13 heteroatoms. The number of hydrogen-bond donors (Lipinski definition) is 2. The lowest BCUT2D eigenvalue weighted by atomic mass is 9.68. The van der Waals surface area contributed by atoms with Crippen LogP contribution >= 0.6 is 23.1 Å². The molecule has 7 atom stereocenters. The average molecular weight is 688 g/mol. The summed E-state index contributed by atoms with van der Waals surface area (Å²) in [6.07, 6.45) is 0.767. The summed E-state index contributed by atoms with van der Waals surface area (Å²) >= 11 is 2.80. The number of nitrogens with zero attached hydrogens (tertiary/aromatic N) is 1. The number of aromatic amines is 1. The van der Waals surface area contributed by atoms with Gasteiger partial charge in [0.15, 0.2) is 18.1 Å². The van der Waals surface area contributed by atoms with Gasteiger partial charge in [0.05, 0.1) is 36.8 Å². The van der Waals surface area contributed by atoms with E-state index < -0.39 is 23.6 Å². The van der Waals surface area contributed by atoms with Crippen molar-refractivity contribution >= 4 is 52.2 Å². The Bertz CT molecular complexity index is 2000. The average Bonchev–Trinajstić information content (AvgIpc) is 3.83. The molecule has 3 aromatic carbocycles. The van der Waals surface area contributed by atoms with Crippen LogP contribution in [0.15, 0.2) is 76.6 Å². The van der Waals surface area contributed by atoms with Crippen molar-refractivity contribution in [2.75, 3.05) is 31.0 Å². The van der Waals surface area contributed by atoms with E-state index in [1.807, 2.05) is 12.1 Å². The monoisotopic (exact) mass is 687 g/mol. The SMILES string of the molecule is COc1ccc(N2C(=O)[C@H]3[C@H]4C[C@@H]([C@@H]3C2=O)[C@@H]2[C@H](c3ccc(OCC(=O)Nc5ccc(F)cc5)c(OC)c3)c3sc(=O)[nH]c3S[C@H]42)cc1. The number of fused-ring (bicyclic) bond motifs is 9. The standard InChI is InChI=1S/C35H30FN3O7S2/c1-44-20-10-8-19(9-11-20)39-33(41)28-21-14-22(29(28)34(39)42)30-27(21)26(31-32(47-30)38-35(43)48-31)16-3-12-23(24(13-16)45-2)46-15-25(40)37-18-6-4-17(36)5-7-18/h3-13,21-22,26-30H,14-15H2,1-2H3,(H,37,40)(H,38,43)/t21-,22-,26+,27-,28+,29+,30-/m1/s1. The predicted octanol–water partition coefficient (Wildman–Crippen LogP) is 5.29. The van der Waals surface area contributed by atoms with Gasteiger partial charge in [-0.05, 0) is 90.4 Å². The van der Waals surface area contributed by atoms with Crippen molar-refractivity contribution in [3.8, 4) is 17.2 Å². The van der Waals surface area contributed by atoms with Gasteiger partial charge in [-0.15, -0.1) is 11.8 Å². The maximum atomic E-state index is 14.0. The number of thioether (sulfide) groups is 1. The third kappa shape index (κ3) is 4.90. The maximum absolute atomic E-state index is 14.0. The van der Waals surface area contributed by atoms with Gasteiger partial charge in [-0.3, -0.25) is 24.1 Å². The van der Waals surface area contributed by atoms with E-state index in [2.05, 4.69) is 10.3 Å². The summed E-state index contributed by atoms with van der Waals surface area (Å²) in [5.74, 6) is -0.844. The molecule has 3 fully saturated rings. The highest BCUT2D eigenvalue weighted by Crippen LogP contribution is 2.68. The zero-order chi connectivity index (χ0) is 33.3. The molecule has 2 aliphatic carbocycles. The molecule has 4 aromatic rings. The molecule has 0 radical (unpaired) electrons. The van der Waals surface area contributed by atoms with E-state index in [0.717, 1.165) is 21.9 Å². The molecule has 2 bridgehead atoms. The third-order valence-electron chi connectivity index (χ3n) is 10.1. The Morgan fingerprint density at radius 3 is 2.38 bits per heavy atom. The van der Waals surface area contributed by atoms with Gasteiger partial charge in [-0.25, -0.2) is 4.39 Å². The summed E-state index contributed by atoms with van der Waals surface area (Å²) in [7, 11) is 3.08.